The van der Waals surface area contributed by atoms with E-state index in [2.05, 4.69) is 14.8 Å². The number of rotatable bonds is 7. The molecule has 0 bridgehead atoms. The number of hydrogen-bond donors (Lipinski definition) is 1. The maximum atomic E-state index is 12.5. The summed E-state index contributed by atoms with van der Waals surface area (Å²) in [6.07, 6.45) is 3.43. The highest BCUT2D eigenvalue weighted by Gasteiger charge is 2.15. The maximum Gasteiger partial charge on any atom is 0.240 e. The summed E-state index contributed by atoms with van der Waals surface area (Å²) in [6.45, 7) is 4.43. The molecule has 0 aliphatic heterocycles. The van der Waals surface area contributed by atoms with Crippen LogP contribution in [0.15, 0.2) is 53.7 Å². The van der Waals surface area contributed by atoms with Crippen LogP contribution < -0.4 is 9.46 Å². The quantitative estimate of drug-likeness (QED) is 0.674. The molecule has 0 saturated heterocycles. The first-order valence-electron chi connectivity index (χ1n) is 8.50. The van der Waals surface area contributed by atoms with Gasteiger partial charge in [0.2, 0.25) is 10.0 Å². The van der Waals surface area contributed by atoms with Crippen LogP contribution in [0.2, 0.25) is 0 Å². The van der Waals surface area contributed by atoms with E-state index in [1.807, 2.05) is 32.0 Å². The highest BCUT2D eigenvalue weighted by atomic mass is 32.2. The molecule has 1 N–H and O–H groups in total. The average molecular weight is 386 g/mol. The smallest absolute Gasteiger partial charge is 0.240 e. The zero-order chi connectivity index (χ0) is 19.4. The van der Waals surface area contributed by atoms with Crippen LogP contribution in [-0.2, 0) is 16.6 Å². The minimum atomic E-state index is -3.59. The largest absolute Gasteiger partial charge is 0.496 e. The second-order valence-electron chi connectivity index (χ2n) is 6.16. The Morgan fingerprint density at radius 3 is 2.52 bits per heavy atom. The summed E-state index contributed by atoms with van der Waals surface area (Å²) in [7, 11) is -2.03. The van der Waals surface area contributed by atoms with Gasteiger partial charge in [-0.1, -0.05) is 0 Å². The van der Waals surface area contributed by atoms with Crippen molar-refractivity contribution in [3.63, 3.8) is 0 Å². The van der Waals surface area contributed by atoms with Crippen molar-refractivity contribution in [2.45, 2.75) is 25.3 Å². The maximum absolute atomic E-state index is 12.5. The molecule has 2 aromatic heterocycles. The number of aryl methyl sites for hydroxylation is 2. The molecule has 3 rings (SSSR count). The van der Waals surface area contributed by atoms with Crippen molar-refractivity contribution in [1.29, 1.82) is 0 Å². The highest BCUT2D eigenvalue weighted by molar-refractivity contribution is 7.89. The lowest BCUT2D eigenvalue weighted by atomic mass is 10.2. The Bertz CT molecular complexity index is 1030. The van der Waals surface area contributed by atoms with Gasteiger partial charge in [-0.15, -0.1) is 0 Å². The van der Waals surface area contributed by atoms with Crippen LogP contribution >= 0.6 is 0 Å². The van der Waals surface area contributed by atoms with E-state index in [9.17, 15) is 8.42 Å². The van der Waals surface area contributed by atoms with Crippen molar-refractivity contribution >= 4 is 10.0 Å². The molecule has 0 aliphatic carbocycles. The number of nitrogens with one attached hydrogen (secondary N) is 1. The third-order valence-corrected chi connectivity index (χ3v) is 5.71. The van der Waals surface area contributed by atoms with Gasteiger partial charge >= 0.3 is 0 Å². The fourth-order valence-electron chi connectivity index (χ4n) is 2.79. The van der Waals surface area contributed by atoms with E-state index >= 15 is 0 Å². The van der Waals surface area contributed by atoms with Gasteiger partial charge in [-0.2, -0.15) is 5.10 Å². The van der Waals surface area contributed by atoms with Crippen LogP contribution in [0.3, 0.4) is 0 Å². The van der Waals surface area contributed by atoms with Crippen molar-refractivity contribution in [3.05, 3.63) is 60.0 Å². The summed E-state index contributed by atoms with van der Waals surface area (Å²) >= 11 is 0. The molecule has 3 aromatic rings. The summed E-state index contributed by atoms with van der Waals surface area (Å²) in [4.78, 5) is 4.22. The highest BCUT2D eigenvalue weighted by Crippen LogP contribution is 2.21. The van der Waals surface area contributed by atoms with Crippen molar-refractivity contribution < 1.29 is 13.2 Å². The van der Waals surface area contributed by atoms with Gasteiger partial charge in [-0.3, -0.25) is 9.67 Å². The second-order valence-corrected chi connectivity index (χ2v) is 7.93. The molecule has 0 saturated carbocycles. The van der Waals surface area contributed by atoms with Crippen LogP contribution in [0.4, 0.5) is 0 Å². The molecule has 142 valence electrons. The van der Waals surface area contributed by atoms with E-state index in [1.54, 1.807) is 36.3 Å². The SMILES string of the molecule is COc1ccc(S(=O)(=O)NCCn2nc(-c3ccncc3)cc2C)cc1C. The zero-order valence-electron chi connectivity index (χ0n) is 15.5. The first kappa shape index (κ1) is 19.1. The van der Waals surface area contributed by atoms with Crippen LogP contribution in [0, 0.1) is 13.8 Å². The summed E-state index contributed by atoms with van der Waals surface area (Å²) < 4.78 is 34.6. The van der Waals surface area contributed by atoms with Gasteiger partial charge in [0, 0.05) is 30.2 Å². The standard InChI is InChI=1S/C19H22N4O3S/c1-14-12-17(4-5-19(14)26-3)27(24,25)21-10-11-23-15(2)13-18(22-23)16-6-8-20-9-7-16/h4-9,12-13,21H,10-11H2,1-3H3. The number of aromatic nitrogens is 3. The average Bonchev–Trinajstić information content (AvgIpc) is 3.03. The third-order valence-electron chi connectivity index (χ3n) is 4.25. The Kier molecular flexibility index (Phi) is 5.57. The molecule has 2 heterocycles. The number of methoxy groups -OCH3 is 1. The van der Waals surface area contributed by atoms with Crippen molar-refractivity contribution in [2.75, 3.05) is 13.7 Å². The van der Waals surface area contributed by atoms with Crippen molar-refractivity contribution in [2.24, 2.45) is 0 Å². The predicted molar refractivity (Wildman–Crippen MR) is 103 cm³/mol. The van der Waals surface area contributed by atoms with E-state index in [0.29, 0.717) is 12.3 Å². The zero-order valence-corrected chi connectivity index (χ0v) is 16.3. The molecule has 0 fully saturated rings. The second kappa shape index (κ2) is 7.89. The Morgan fingerprint density at radius 2 is 1.85 bits per heavy atom. The molecular weight excluding hydrogens is 364 g/mol. The van der Waals surface area contributed by atoms with Gasteiger partial charge in [0.05, 0.1) is 24.2 Å². The minimum absolute atomic E-state index is 0.218. The number of nitrogens with zero attached hydrogens (tertiary/aromatic N) is 3. The van der Waals surface area contributed by atoms with Crippen LogP contribution in [0.1, 0.15) is 11.3 Å². The number of hydrogen-bond acceptors (Lipinski definition) is 5. The molecule has 7 nitrogen and oxygen atoms in total. The minimum Gasteiger partial charge on any atom is -0.496 e. The summed E-state index contributed by atoms with van der Waals surface area (Å²) in [5, 5.41) is 4.55. The first-order valence-corrected chi connectivity index (χ1v) is 9.98. The lowest BCUT2D eigenvalue weighted by molar-refractivity contribution is 0.411. The number of ether oxygens (including phenoxy) is 1. The lowest BCUT2D eigenvalue weighted by Crippen LogP contribution is -2.28. The van der Waals surface area contributed by atoms with Crippen LogP contribution in [-0.4, -0.2) is 36.8 Å². The van der Waals surface area contributed by atoms with E-state index < -0.39 is 10.0 Å². The Balaban J connectivity index is 1.67. The van der Waals surface area contributed by atoms with E-state index in [1.165, 1.54) is 6.07 Å². The molecule has 0 amide bonds. The summed E-state index contributed by atoms with van der Waals surface area (Å²) in [5.74, 6) is 0.657. The van der Waals surface area contributed by atoms with Gasteiger partial charge in [0.1, 0.15) is 5.75 Å². The molecule has 0 spiro atoms. The van der Waals surface area contributed by atoms with Gasteiger partial charge in [-0.05, 0) is 55.8 Å². The first-order chi connectivity index (χ1) is 12.9. The normalized spacial score (nSPS) is 11.5. The monoisotopic (exact) mass is 386 g/mol. The van der Waals surface area contributed by atoms with Crippen LogP contribution in [0.5, 0.6) is 5.75 Å². The summed E-state index contributed by atoms with van der Waals surface area (Å²) in [5.41, 5.74) is 3.54. The van der Waals surface area contributed by atoms with Crippen LogP contribution in [0.25, 0.3) is 11.3 Å². The predicted octanol–water partition coefficient (Wildman–Crippen LogP) is 2.55. The number of benzene rings is 1. The molecule has 0 radical (unpaired) electrons. The Hall–Kier alpha value is -2.71. The molecular formula is C19H22N4O3S. The topological polar surface area (TPSA) is 86.1 Å². The van der Waals surface area contributed by atoms with Gasteiger partial charge < -0.3 is 4.74 Å². The molecule has 0 atom stereocenters. The fraction of sp³-hybridized carbons (Fsp3) is 0.263. The molecule has 0 aliphatic rings. The van der Waals surface area contributed by atoms with Gasteiger partial charge in [0.15, 0.2) is 0 Å². The fourth-order valence-corrected chi connectivity index (χ4v) is 3.89. The van der Waals surface area contributed by atoms with Gasteiger partial charge in [0.25, 0.3) is 0 Å². The van der Waals surface area contributed by atoms with E-state index in [4.69, 9.17) is 4.74 Å². The molecule has 0 unspecified atom stereocenters. The molecule has 8 heteroatoms. The number of sulfonamides is 1. The lowest BCUT2D eigenvalue weighted by Gasteiger charge is -2.10. The third kappa shape index (κ3) is 4.35. The number of pyridine rings is 1. The van der Waals surface area contributed by atoms with Gasteiger partial charge in [-0.25, -0.2) is 13.1 Å². The molecule has 1 aromatic carbocycles. The van der Waals surface area contributed by atoms with Crippen molar-refractivity contribution in [3.8, 4) is 17.0 Å². The van der Waals surface area contributed by atoms with E-state index in [0.717, 1.165) is 22.5 Å². The Labute approximate surface area is 159 Å². The van der Waals surface area contributed by atoms with Crippen molar-refractivity contribution in [1.82, 2.24) is 19.5 Å². The van der Waals surface area contributed by atoms with E-state index in [-0.39, 0.29) is 11.4 Å². The Morgan fingerprint density at radius 1 is 1.11 bits per heavy atom. The summed E-state index contributed by atoms with van der Waals surface area (Å²) in [6, 6.07) is 10.5. The molecule has 27 heavy (non-hydrogen) atoms.